The summed E-state index contributed by atoms with van der Waals surface area (Å²) >= 11 is 0. The van der Waals surface area contributed by atoms with E-state index in [9.17, 15) is 0 Å². The molecule has 2 aliphatic carbocycles. The molecule has 1 N–H and O–H groups in total. The molecule has 0 aromatic rings. The van der Waals surface area contributed by atoms with Crippen molar-refractivity contribution < 1.29 is 10.1 Å². The van der Waals surface area contributed by atoms with Crippen LogP contribution in [0.1, 0.15) is 57.8 Å². The first kappa shape index (κ1) is 10.2. The highest BCUT2D eigenvalue weighted by molar-refractivity contribution is 5.21. The van der Waals surface area contributed by atoms with Crippen molar-refractivity contribution >= 4 is 0 Å². The van der Waals surface area contributed by atoms with Gasteiger partial charge >= 0.3 is 0 Å². The fraction of sp³-hybridized carbons (Fsp3) is 0.833. The lowest BCUT2D eigenvalue weighted by atomic mass is 9.83. The summed E-state index contributed by atoms with van der Waals surface area (Å²) in [5.74, 6) is 0. The lowest BCUT2D eigenvalue weighted by molar-refractivity contribution is -0.272. The Hall–Kier alpha value is -0.340. The monoisotopic (exact) mass is 196 g/mol. The van der Waals surface area contributed by atoms with E-state index in [-0.39, 0.29) is 6.10 Å². The van der Waals surface area contributed by atoms with Gasteiger partial charge in [0.2, 0.25) is 0 Å². The lowest BCUT2D eigenvalue weighted by Gasteiger charge is -2.27. The highest BCUT2D eigenvalue weighted by Crippen LogP contribution is 2.34. The molecule has 14 heavy (non-hydrogen) atoms. The highest BCUT2D eigenvalue weighted by atomic mass is 17.1. The molecule has 0 aliphatic heterocycles. The Balaban J connectivity index is 2.10. The summed E-state index contributed by atoms with van der Waals surface area (Å²) in [6.07, 6.45) is 11.2. The Labute approximate surface area is 85.9 Å². The van der Waals surface area contributed by atoms with Crippen LogP contribution in [0.4, 0.5) is 0 Å². The third kappa shape index (κ3) is 2.18. The standard InChI is InChI=1S/C12H20O2/c13-14-12-9-5-4-8-11(12)10-6-2-1-3-7-10/h12-13H,1-9H2. The van der Waals surface area contributed by atoms with Gasteiger partial charge in [-0.25, -0.2) is 4.89 Å². The van der Waals surface area contributed by atoms with Crippen molar-refractivity contribution in [3.05, 3.63) is 11.1 Å². The minimum Gasteiger partial charge on any atom is -0.251 e. The smallest absolute Gasteiger partial charge is 0.114 e. The van der Waals surface area contributed by atoms with Crippen molar-refractivity contribution in [2.45, 2.75) is 63.9 Å². The fourth-order valence-electron chi connectivity index (χ4n) is 2.80. The van der Waals surface area contributed by atoms with Crippen LogP contribution in [0, 0.1) is 0 Å². The van der Waals surface area contributed by atoms with Gasteiger partial charge in [0, 0.05) is 0 Å². The maximum absolute atomic E-state index is 8.86. The normalized spacial score (nSPS) is 29.4. The highest BCUT2D eigenvalue weighted by Gasteiger charge is 2.23. The Kier molecular flexibility index (Phi) is 3.60. The molecule has 0 amide bonds. The molecule has 2 saturated carbocycles. The second kappa shape index (κ2) is 4.94. The Morgan fingerprint density at radius 1 is 0.929 bits per heavy atom. The summed E-state index contributed by atoms with van der Waals surface area (Å²) in [7, 11) is 0. The van der Waals surface area contributed by atoms with Gasteiger partial charge in [0.05, 0.1) is 0 Å². The summed E-state index contributed by atoms with van der Waals surface area (Å²) in [4.78, 5) is 4.60. The average Bonchev–Trinajstić information content (AvgIpc) is 2.30. The van der Waals surface area contributed by atoms with Crippen LogP contribution in [0.15, 0.2) is 11.1 Å². The van der Waals surface area contributed by atoms with Gasteiger partial charge in [-0.15, -0.1) is 0 Å². The summed E-state index contributed by atoms with van der Waals surface area (Å²) in [5, 5.41) is 8.86. The van der Waals surface area contributed by atoms with E-state index in [1.165, 1.54) is 50.5 Å². The van der Waals surface area contributed by atoms with Crippen LogP contribution in [0.25, 0.3) is 0 Å². The van der Waals surface area contributed by atoms with E-state index in [0.717, 1.165) is 12.8 Å². The molecule has 0 aromatic heterocycles. The van der Waals surface area contributed by atoms with Crippen LogP contribution in [-0.2, 0) is 4.89 Å². The first-order chi connectivity index (χ1) is 6.92. The molecule has 1 unspecified atom stereocenters. The van der Waals surface area contributed by atoms with E-state index in [4.69, 9.17) is 5.26 Å². The van der Waals surface area contributed by atoms with Crippen molar-refractivity contribution in [3.63, 3.8) is 0 Å². The maximum Gasteiger partial charge on any atom is 0.114 e. The number of hydrogen-bond acceptors (Lipinski definition) is 2. The third-order valence-electron chi connectivity index (χ3n) is 3.59. The Morgan fingerprint density at radius 3 is 2.36 bits per heavy atom. The summed E-state index contributed by atoms with van der Waals surface area (Å²) in [6.45, 7) is 0. The molecule has 0 spiro atoms. The predicted octanol–water partition coefficient (Wildman–Crippen LogP) is 3.68. The summed E-state index contributed by atoms with van der Waals surface area (Å²) < 4.78 is 0. The van der Waals surface area contributed by atoms with E-state index >= 15 is 0 Å². The maximum atomic E-state index is 8.86. The van der Waals surface area contributed by atoms with E-state index < -0.39 is 0 Å². The number of rotatable bonds is 1. The van der Waals surface area contributed by atoms with Crippen LogP contribution < -0.4 is 0 Å². The van der Waals surface area contributed by atoms with Gasteiger partial charge in [0.15, 0.2) is 0 Å². The van der Waals surface area contributed by atoms with Gasteiger partial charge in [-0.3, -0.25) is 5.26 Å². The topological polar surface area (TPSA) is 29.5 Å². The van der Waals surface area contributed by atoms with Crippen molar-refractivity contribution in [3.8, 4) is 0 Å². The second-order valence-electron chi connectivity index (χ2n) is 4.53. The van der Waals surface area contributed by atoms with Gasteiger partial charge in [-0.05, 0) is 50.5 Å². The predicted molar refractivity (Wildman–Crippen MR) is 56.1 cm³/mol. The molecule has 2 nitrogen and oxygen atoms in total. The zero-order valence-electron chi connectivity index (χ0n) is 8.80. The molecule has 2 fully saturated rings. The number of allylic oxidation sites excluding steroid dienone is 1. The molecular weight excluding hydrogens is 176 g/mol. The first-order valence-corrected chi connectivity index (χ1v) is 5.93. The van der Waals surface area contributed by atoms with Crippen molar-refractivity contribution in [2.24, 2.45) is 0 Å². The van der Waals surface area contributed by atoms with E-state index in [0.29, 0.717) is 0 Å². The Bertz CT molecular complexity index is 212. The van der Waals surface area contributed by atoms with Crippen molar-refractivity contribution in [2.75, 3.05) is 0 Å². The molecule has 80 valence electrons. The first-order valence-electron chi connectivity index (χ1n) is 5.93. The van der Waals surface area contributed by atoms with Crippen LogP contribution >= 0.6 is 0 Å². The summed E-state index contributed by atoms with van der Waals surface area (Å²) in [5.41, 5.74) is 3.02. The molecule has 0 radical (unpaired) electrons. The van der Waals surface area contributed by atoms with Gasteiger partial charge in [-0.2, -0.15) is 0 Å². The molecule has 0 heterocycles. The van der Waals surface area contributed by atoms with Gasteiger partial charge in [-0.1, -0.05) is 18.4 Å². The van der Waals surface area contributed by atoms with Crippen LogP contribution in [0.2, 0.25) is 0 Å². The minimum atomic E-state index is 0.0249. The van der Waals surface area contributed by atoms with Crippen LogP contribution in [0.3, 0.4) is 0 Å². The van der Waals surface area contributed by atoms with Crippen molar-refractivity contribution in [1.29, 1.82) is 0 Å². The molecular formula is C12H20O2. The molecule has 2 heteroatoms. The largest absolute Gasteiger partial charge is 0.251 e. The average molecular weight is 196 g/mol. The van der Waals surface area contributed by atoms with E-state index in [1.807, 2.05) is 0 Å². The molecule has 0 bridgehead atoms. The van der Waals surface area contributed by atoms with Crippen LogP contribution in [-0.4, -0.2) is 11.4 Å². The Morgan fingerprint density at radius 2 is 1.64 bits per heavy atom. The van der Waals surface area contributed by atoms with Gasteiger partial charge in [0.25, 0.3) is 0 Å². The van der Waals surface area contributed by atoms with Crippen LogP contribution in [0.5, 0.6) is 0 Å². The summed E-state index contributed by atoms with van der Waals surface area (Å²) in [6, 6.07) is 0. The van der Waals surface area contributed by atoms with E-state index in [2.05, 4.69) is 4.89 Å². The molecule has 2 aliphatic rings. The quantitative estimate of drug-likeness (QED) is 0.394. The van der Waals surface area contributed by atoms with Crippen molar-refractivity contribution in [1.82, 2.24) is 0 Å². The van der Waals surface area contributed by atoms with Gasteiger partial charge < -0.3 is 0 Å². The zero-order valence-corrected chi connectivity index (χ0v) is 8.80. The SMILES string of the molecule is OOC1CCCCC1=C1CCCCC1. The van der Waals surface area contributed by atoms with Gasteiger partial charge in [0.1, 0.15) is 6.10 Å². The third-order valence-corrected chi connectivity index (χ3v) is 3.59. The molecule has 0 aromatic carbocycles. The minimum absolute atomic E-state index is 0.0249. The second-order valence-corrected chi connectivity index (χ2v) is 4.53. The number of hydrogen-bond donors (Lipinski definition) is 1. The molecule has 2 rings (SSSR count). The fourth-order valence-corrected chi connectivity index (χ4v) is 2.80. The molecule has 0 saturated heterocycles. The molecule has 1 atom stereocenters. The van der Waals surface area contributed by atoms with E-state index in [1.54, 1.807) is 5.57 Å². The zero-order chi connectivity index (χ0) is 9.80. The lowest BCUT2D eigenvalue weighted by Crippen LogP contribution is -2.20.